The first-order valence-corrected chi connectivity index (χ1v) is 9.12. The van der Waals surface area contributed by atoms with Crippen LogP contribution in [-0.4, -0.2) is 16.1 Å². The number of hydrogen-bond donors (Lipinski definition) is 1. The molecular formula is C18H15FN2OS2. The molecule has 1 atom stereocenters. The summed E-state index contributed by atoms with van der Waals surface area (Å²) in [6, 6.07) is 16.0. The number of nitrogens with zero attached hydrogens (tertiary/aromatic N) is 1. The van der Waals surface area contributed by atoms with Crippen LogP contribution in [0.25, 0.3) is 11.3 Å². The number of benzene rings is 2. The van der Waals surface area contributed by atoms with Gasteiger partial charge in [0.15, 0.2) is 4.34 Å². The van der Waals surface area contributed by atoms with E-state index in [4.69, 9.17) is 0 Å². The lowest BCUT2D eigenvalue weighted by atomic mass is 10.2. The summed E-state index contributed by atoms with van der Waals surface area (Å²) in [4.78, 5) is 16.8. The number of nitrogens with one attached hydrogen (secondary N) is 1. The summed E-state index contributed by atoms with van der Waals surface area (Å²) < 4.78 is 14.4. The van der Waals surface area contributed by atoms with Gasteiger partial charge >= 0.3 is 0 Å². The lowest BCUT2D eigenvalue weighted by Crippen LogP contribution is -2.22. The van der Waals surface area contributed by atoms with E-state index in [-0.39, 0.29) is 16.8 Å². The maximum absolute atomic E-state index is 13.6. The molecule has 6 heteroatoms. The molecule has 0 aliphatic rings. The lowest BCUT2D eigenvalue weighted by Gasteiger charge is -2.10. The molecule has 0 bridgehead atoms. The quantitative estimate of drug-likeness (QED) is 0.648. The number of aromatic nitrogens is 1. The molecule has 122 valence electrons. The molecule has 2 aromatic carbocycles. The van der Waals surface area contributed by atoms with E-state index < -0.39 is 5.82 Å². The Hall–Kier alpha value is -2.18. The van der Waals surface area contributed by atoms with E-state index in [9.17, 15) is 9.18 Å². The van der Waals surface area contributed by atoms with E-state index in [1.54, 1.807) is 25.1 Å². The van der Waals surface area contributed by atoms with Gasteiger partial charge in [-0.1, -0.05) is 54.2 Å². The number of thioether (sulfide) groups is 1. The fourth-order valence-electron chi connectivity index (χ4n) is 2.05. The number of rotatable bonds is 5. The summed E-state index contributed by atoms with van der Waals surface area (Å²) in [5.74, 6) is -0.690. The van der Waals surface area contributed by atoms with Crippen LogP contribution >= 0.6 is 23.1 Å². The first-order chi connectivity index (χ1) is 11.6. The Balaban J connectivity index is 1.65. The maximum atomic E-state index is 13.6. The smallest absolute Gasteiger partial charge is 0.237 e. The van der Waals surface area contributed by atoms with Gasteiger partial charge in [-0.3, -0.25) is 4.79 Å². The average Bonchev–Trinajstić information content (AvgIpc) is 3.06. The zero-order valence-electron chi connectivity index (χ0n) is 12.9. The van der Waals surface area contributed by atoms with Gasteiger partial charge in [0.2, 0.25) is 5.91 Å². The third-order valence-electron chi connectivity index (χ3n) is 3.33. The number of hydrogen-bond acceptors (Lipinski definition) is 4. The predicted molar refractivity (Wildman–Crippen MR) is 97.9 cm³/mol. The molecule has 1 heterocycles. The third kappa shape index (κ3) is 4.01. The predicted octanol–water partition coefficient (Wildman–Crippen LogP) is 5.07. The summed E-state index contributed by atoms with van der Waals surface area (Å²) >= 11 is 2.86. The van der Waals surface area contributed by atoms with E-state index in [2.05, 4.69) is 10.3 Å². The molecule has 0 fully saturated rings. The van der Waals surface area contributed by atoms with Crippen LogP contribution in [0.3, 0.4) is 0 Å². The summed E-state index contributed by atoms with van der Waals surface area (Å²) in [5.41, 5.74) is 2.13. The van der Waals surface area contributed by atoms with Crippen LogP contribution in [0.1, 0.15) is 6.92 Å². The SMILES string of the molecule is C[C@@H](Sc1nc(-c2ccccc2)cs1)C(=O)Nc1ccccc1F. The molecule has 24 heavy (non-hydrogen) atoms. The van der Waals surface area contributed by atoms with Crippen LogP contribution in [0.2, 0.25) is 0 Å². The molecule has 0 aliphatic heterocycles. The molecule has 3 rings (SSSR count). The molecule has 0 spiro atoms. The largest absolute Gasteiger partial charge is 0.323 e. The number of halogens is 1. The van der Waals surface area contributed by atoms with Gasteiger partial charge in [0.25, 0.3) is 0 Å². The zero-order chi connectivity index (χ0) is 16.9. The van der Waals surface area contributed by atoms with Crippen molar-refractivity contribution in [1.29, 1.82) is 0 Å². The summed E-state index contributed by atoms with van der Waals surface area (Å²) in [6.45, 7) is 1.78. The highest BCUT2D eigenvalue weighted by molar-refractivity contribution is 8.02. The van der Waals surface area contributed by atoms with Crippen molar-refractivity contribution < 1.29 is 9.18 Å². The van der Waals surface area contributed by atoms with Gasteiger partial charge < -0.3 is 5.32 Å². The van der Waals surface area contributed by atoms with E-state index in [0.717, 1.165) is 15.6 Å². The van der Waals surface area contributed by atoms with Crippen molar-refractivity contribution in [3.05, 3.63) is 65.8 Å². The fourth-order valence-corrected chi connectivity index (χ4v) is 4.03. The van der Waals surface area contributed by atoms with Gasteiger partial charge in [-0.15, -0.1) is 11.3 Å². The van der Waals surface area contributed by atoms with Gasteiger partial charge in [-0.25, -0.2) is 9.37 Å². The van der Waals surface area contributed by atoms with Crippen molar-refractivity contribution in [2.24, 2.45) is 0 Å². The molecular weight excluding hydrogens is 343 g/mol. The number of carbonyl (C=O) groups excluding carboxylic acids is 1. The summed E-state index contributed by atoms with van der Waals surface area (Å²) in [6.07, 6.45) is 0. The highest BCUT2D eigenvalue weighted by Gasteiger charge is 2.18. The highest BCUT2D eigenvalue weighted by Crippen LogP contribution is 2.31. The van der Waals surface area contributed by atoms with Crippen molar-refractivity contribution >= 4 is 34.7 Å². The van der Waals surface area contributed by atoms with Crippen molar-refractivity contribution in [3.8, 4) is 11.3 Å². The monoisotopic (exact) mass is 358 g/mol. The Morgan fingerprint density at radius 1 is 1.17 bits per heavy atom. The van der Waals surface area contributed by atoms with Crippen LogP contribution in [-0.2, 0) is 4.79 Å². The third-order valence-corrected chi connectivity index (χ3v) is 5.40. The fraction of sp³-hybridized carbons (Fsp3) is 0.111. The highest BCUT2D eigenvalue weighted by atomic mass is 32.2. The zero-order valence-corrected chi connectivity index (χ0v) is 14.5. The molecule has 0 saturated heterocycles. The van der Waals surface area contributed by atoms with Crippen molar-refractivity contribution in [3.63, 3.8) is 0 Å². The van der Waals surface area contributed by atoms with Crippen LogP contribution < -0.4 is 5.32 Å². The second kappa shape index (κ2) is 7.59. The van der Waals surface area contributed by atoms with E-state index >= 15 is 0 Å². The van der Waals surface area contributed by atoms with Crippen LogP contribution in [0.5, 0.6) is 0 Å². The van der Waals surface area contributed by atoms with E-state index in [1.807, 2.05) is 35.7 Å². The molecule has 3 nitrogen and oxygen atoms in total. The Morgan fingerprint density at radius 3 is 2.62 bits per heavy atom. The minimum Gasteiger partial charge on any atom is -0.323 e. The minimum atomic E-state index is -0.441. The summed E-state index contributed by atoms with van der Waals surface area (Å²) in [5, 5.41) is 4.21. The Morgan fingerprint density at radius 2 is 1.88 bits per heavy atom. The van der Waals surface area contributed by atoms with E-state index in [1.165, 1.54) is 29.2 Å². The maximum Gasteiger partial charge on any atom is 0.237 e. The molecule has 1 aromatic heterocycles. The van der Waals surface area contributed by atoms with Crippen molar-refractivity contribution in [2.45, 2.75) is 16.5 Å². The first-order valence-electron chi connectivity index (χ1n) is 7.36. The average molecular weight is 358 g/mol. The van der Waals surface area contributed by atoms with E-state index in [0.29, 0.717) is 0 Å². The van der Waals surface area contributed by atoms with Crippen molar-refractivity contribution in [2.75, 3.05) is 5.32 Å². The molecule has 0 radical (unpaired) electrons. The topological polar surface area (TPSA) is 42.0 Å². The summed E-state index contributed by atoms with van der Waals surface area (Å²) in [7, 11) is 0. The van der Waals surface area contributed by atoms with Gasteiger partial charge in [0.1, 0.15) is 5.82 Å². The first kappa shape index (κ1) is 16.7. The van der Waals surface area contributed by atoms with Crippen LogP contribution in [0, 0.1) is 5.82 Å². The lowest BCUT2D eigenvalue weighted by molar-refractivity contribution is -0.115. The Kier molecular flexibility index (Phi) is 5.27. The number of anilines is 1. The molecule has 1 N–H and O–H groups in total. The number of thiazole rings is 1. The molecule has 3 aromatic rings. The molecule has 0 unspecified atom stereocenters. The van der Waals surface area contributed by atoms with Crippen molar-refractivity contribution in [1.82, 2.24) is 4.98 Å². The number of carbonyl (C=O) groups is 1. The minimum absolute atomic E-state index is 0.194. The van der Waals surface area contributed by atoms with Gasteiger partial charge in [0, 0.05) is 10.9 Å². The molecule has 0 saturated carbocycles. The Bertz CT molecular complexity index is 836. The second-order valence-corrected chi connectivity index (χ2v) is 7.54. The number of amides is 1. The van der Waals surface area contributed by atoms with Gasteiger partial charge in [-0.2, -0.15) is 0 Å². The van der Waals surface area contributed by atoms with Crippen LogP contribution in [0.15, 0.2) is 64.3 Å². The molecule has 0 aliphatic carbocycles. The Labute approximate surface area is 148 Å². The second-order valence-electron chi connectivity index (χ2n) is 5.09. The van der Waals surface area contributed by atoms with Gasteiger partial charge in [-0.05, 0) is 19.1 Å². The number of para-hydroxylation sites is 1. The molecule has 1 amide bonds. The van der Waals surface area contributed by atoms with Crippen LogP contribution in [0.4, 0.5) is 10.1 Å². The standard InChI is InChI=1S/C18H15FN2OS2/c1-12(17(22)20-15-10-6-5-9-14(15)19)24-18-21-16(11-23-18)13-7-3-2-4-8-13/h2-12H,1H3,(H,20,22)/t12-/m1/s1. The normalized spacial score (nSPS) is 11.9. The van der Waals surface area contributed by atoms with Gasteiger partial charge in [0.05, 0.1) is 16.6 Å².